The van der Waals surface area contributed by atoms with Crippen molar-refractivity contribution in [1.29, 1.82) is 0 Å². The van der Waals surface area contributed by atoms with Gasteiger partial charge in [0.2, 0.25) is 0 Å². The van der Waals surface area contributed by atoms with Gasteiger partial charge in [-0.3, -0.25) is 4.98 Å². The summed E-state index contributed by atoms with van der Waals surface area (Å²) in [7, 11) is 0. The van der Waals surface area contributed by atoms with Crippen LogP contribution in [0, 0.1) is 5.41 Å². The fourth-order valence-electron chi connectivity index (χ4n) is 0.921. The van der Waals surface area contributed by atoms with Crippen molar-refractivity contribution in [2.24, 2.45) is 5.41 Å². The summed E-state index contributed by atoms with van der Waals surface area (Å²) in [6.07, 6.45) is 4.34. The Bertz CT molecular complexity index is 296. The Balaban J connectivity index is 2.54. The van der Waals surface area contributed by atoms with Gasteiger partial charge in [0.25, 0.3) is 0 Å². The van der Waals surface area contributed by atoms with E-state index in [0.29, 0.717) is 5.82 Å². The summed E-state index contributed by atoms with van der Waals surface area (Å²) in [5.74, 6) is 1.19. The number of nitrogens with two attached hydrogens (primary N) is 1. The van der Waals surface area contributed by atoms with Crippen LogP contribution in [0.15, 0.2) is 12.4 Å². The molecule has 0 bridgehead atoms. The Morgan fingerprint density at radius 3 is 2.71 bits per heavy atom. The molecule has 0 spiro atoms. The van der Waals surface area contributed by atoms with Crippen LogP contribution in [0.5, 0.6) is 0 Å². The highest BCUT2D eigenvalue weighted by Gasteiger charge is 2.14. The topological polar surface area (TPSA) is 63.8 Å². The third-order valence-corrected chi connectivity index (χ3v) is 2.36. The van der Waals surface area contributed by atoms with Gasteiger partial charge < -0.3 is 11.1 Å². The second kappa shape index (κ2) is 4.26. The van der Waals surface area contributed by atoms with Gasteiger partial charge in [0.1, 0.15) is 11.6 Å². The van der Waals surface area contributed by atoms with Crippen molar-refractivity contribution in [3.63, 3.8) is 0 Å². The first-order chi connectivity index (χ1) is 6.53. The predicted octanol–water partition coefficient (Wildman–Crippen LogP) is 1.91. The monoisotopic (exact) mass is 194 g/mol. The summed E-state index contributed by atoms with van der Waals surface area (Å²) >= 11 is 0. The van der Waals surface area contributed by atoms with Crippen LogP contribution in [-0.2, 0) is 0 Å². The molecule has 0 aromatic carbocycles. The highest BCUT2D eigenvalue weighted by atomic mass is 15.0. The lowest BCUT2D eigenvalue weighted by Gasteiger charge is -2.22. The molecule has 3 N–H and O–H groups in total. The molecule has 0 amide bonds. The van der Waals surface area contributed by atoms with Gasteiger partial charge in [-0.05, 0) is 11.8 Å². The minimum Gasteiger partial charge on any atom is -0.382 e. The molecule has 0 saturated carbocycles. The molecule has 0 saturated heterocycles. The van der Waals surface area contributed by atoms with Crippen molar-refractivity contribution in [2.75, 3.05) is 17.6 Å². The minimum absolute atomic E-state index is 0.270. The summed E-state index contributed by atoms with van der Waals surface area (Å²) in [6, 6.07) is 0. The highest BCUT2D eigenvalue weighted by molar-refractivity contribution is 5.38. The van der Waals surface area contributed by atoms with Crippen LogP contribution in [0.1, 0.15) is 27.2 Å². The molecular weight excluding hydrogens is 176 g/mol. The Hall–Kier alpha value is -1.32. The third kappa shape index (κ3) is 3.20. The van der Waals surface area contributed by atoms with E-state index in [0.717, 1.165) is 18.8 Å². The maximum atomic E-state index is 5.52. The van der Waals surface area contributed by atoms with Crippen LogP contribution >= 0.6 is 0 Å². The lowest BCUT2D eigenvalue weighted by molar-refractivity contribution is 0.376. The second-order valence-corrected chi connectivity index (χ2v) is 4.20. The van der Waals surface area contributed by atoms with E-state index in [4.69, 9.17) is 5.73 Å². The van der Waals surface area contributed by atoms with Crippen molar-refractivity contribution in [1.82, 2.24) is 9.97 Å². The van der Waals surface area contributed by atoms with Gasteiger partial charge in [-0.1, -0.05) is 20.8 Å². The van der Waals surface area contributed by atoms with Crippen LogP contribution in [0.25, 0.3) is 0 Å². The van der Waals surface area contributed by atoms with Crippen molar-refractivity contribution < 1.29 is 0 Å². The van der Waals surface area contributed by atoms with Crippen LogP contribution in [0.3, 0.4) is 0 Å². The molecule has 0 fully saturated rings. The molecule has 0 radical (unpaired) electrons. The van der Waals surface area contributed by atoms with Gasteiger partial charge in [-0.2, -0.15) is 0 Å². The zero-order valence-electron chi connectivity index (χ0n) is 9.04. The smallest absolute Gasteiger partial charge is 0.146 e. The van der Waals surface area contributed by atoms with E-state index >= 15 is 0 Å². The molecule has 0 unspecified atom stereocenters. The molecule has 1 aromatic heterocycles. The number of hydrogen-bond donors (Lipinski definition) is 2. The zero-order chi connectivity index (χ0) is 10.6. The molecular formula is C10H18N4. The van der Waals surface area contributed by atoms with E-state index in [1.165, 1.54) is 6.20 Å². The first-order valence-corrected chi connectivity index (χ1v) is 4.85. The minimum atomic E-state index is 0.270. The summed E-state index contributed by atoms with van der Waals surface area (Å²) in [5, 5.41) is 3.22. The van der Waals surface area contributed by atoms with E-state index in [2.05, 4.69) is 36.1 Å². The van der Waals surface area contributed by atoms with Gasteiger partial charge in [0.15, 0.2) is 0 Å². The van der Waals surface area contributed by atoms with Gasteiger partial charge in [-0.25, -0.2) is 4.98 Å². The first kappa shape index (κ1) is 10.8. The first-order valence-electron chi connectivity index (χ1n) is 4.85. The van der Waals surface area contributed by atoms with Gasteiger partial charge >= 0.3 is 0 Å². The van der Waals surface area contributed by atoms with E-state index in [9.17, 15) is 0 Å². The van der Waals surface area contributed by atoms with Crippen LogP contribution in [0.2, 0.25) is 0 Å². The standard InChI is InChI=1S/C10H18N4/c1-4-10(2,3)7-13-9-6-12-5-8(11)14-9/h5-6H,4,7H2,1-3H3,(H3,11,13,14). The van der Waals surface area contributed by atoms with Crippen molar-refractivity contribution in [3.8, 4) is 0 Å². The molecule has 78 valence electrons. The maximum Gasteiger partial charge on any atom is 0.146 e. The van der Waals surface area contributed by atoms with Crippen molar-refractivity contribution in [2.45, 2.75) is 27.2 Å². The molecule has 0 aliphatic heterocycles. The summed E-state index contributed by atoms with van der Waals surface area (Å²) in [6.45, 7) is 7.47. The summed E-state index contributed by atoms with van der Waals surface area (Å²) in [5.41, 5.74) is 5.79. The fourth-order valence-corrected chi connectivity index (χ4v) is 0.921. The predicted molar refractivity (Wildman–Crippen MR) is 59.0 cm³/mol. The van der Waals surface area contributed by atoms with Crippen LogP contribution < -0.4 is 11.1 Å². The molecule has 0 atom stereocenters. The Morgan fingerprint density at radius 1 is 1.43 bits per heavy atom. The van der Waals surface area contributed by atoms with Gasteiger partial charge in [0, 0.05) is 6.54 Å². The Morgan fingerprint density at radius 2 is 2.14 bits per heavy atom. The molecule has 14 heavy (non-hydrogen) atoms. The number of anilines is 2. The van der Waals surface area contributed by atoms with E-state index in [1.807, 2.05) is 0 Å². The van der Waals surface area contributed by atoms with E-state index in [-0.39, 0.29) is 5.41 Å². The van der Waals surface area contributed by atoms with Crippen LogP contribution in [0.4, 0.5) is 11.6 Å². The number of nitrogens with zero attached hydrogens (tertiary/aromatic N) is 2. The summed E-state index contributed by atoms with van der Waals surface area (Å²) < 4.78 is 0. The molecule has 1 heterocycles. The molecule has 0 aliphatic rings. The van der Waals surface area contributed by atoms with Crippen molar-refractivity contribution >= 4 is 11.6 Å². The number of rotatable bonds is 4. The number of hydrogen-bond acceptors (Lipinski definition) is 4. The highest BCUT2D eigenvalue weighted by Crippen LogP contribution is 2.19. The lowest BCUT2D eigenvalue weighted by atomic mass is 9.90. The van der Waals surface area contributed by atoms with E-state index < -0.39 is 0 Å². The lowest BCUT2D eigenvalue weighted by Crippen LogP contribution is -2.22. The van der Waals surface area contributed by atoms with E-state index in [1.54, 1.807) is 6.20 Å². The van der Waals surface area contributed by atoms with Crippen molar-refractivity contribution in [3.05, 3.63) is 12.4 Å². The number of nitrogen functional groups attached to an aromatic ring is 1. The van der Waals surface area contributed by atoms with Gasteiger partial charge in [-0.15, -0.1) is 0 Å². The summed E-state index contributed by atoms with van der Waals surface area (Å²) in [4.78, 5) is 8.08. The molecule has 0 aliphatic carbocycles. The average Bonchev–Trinajstić information content (AvgIpc) is 2.15. The Labute approximate surface area is 85.0 Å². The largest absolute Gasteiger partial charge is 0.382 e. The zero-order valence-corrected chi connectivity index (χ0v) is 9.04. The fraction of sp³-hybridized carbons (Fsp3) is 0.600. The third-order valence-electron chi connectivity index (χ3n) is 2.36. The molecule has 1 rings (SSSR count). The number of aromatic nitrogens is 2. The van der Waals surface area contributed by atoms with Gasteiger partial charge in [0.05, 0.1) is 12.4 Å². The molecule has 1 aromatic rings. The quantitative estimate of drug-likeness (QED) is 0.768. The Kier molecular flexibility index (Phi) is 3.28. The molecule has 4 nitrogen and oxygen atoms in total. The SMILES string of the molecule is CCC(C)(C)CNc1cncc(N)n1. The number of nitrogens with one attached hydrogen (secondary N) is 1. The average molecular weight is 194 g/mol. The molecule has 4 heteroatoms. The second-order valence-electron chi connectivity index (χ2n) is 4.20. The van der Waals surface area contributed by atoms with Crippen LogP contribution in [-0.4, -0.2) is 16.5 Å². The normalized spacial score (nSPS) is 11.4. The maximum absolute atomic E-state index is 5.52.